The van der Waals surface area contributed by atoms with Gasteiger partial charge in [-0.3, -0.25) is 4.79 Å². The van der Waals surface area contributed by atoms with Gasteiger partial charge in [0.05, 0.1) is 20.8 Å². The van der Waals surface area contributed by atoms with Gasteiger partial charge in [-0.05, 0) is 76.6 Å². The van der Waals surface area contributed by atoms with Gasteiger partial charge in [-0.2, -0.15) is 12.7 Å². The minimum atomic E-state index is -3.93. The summed E-state index contributed by atoms with van der Waals surface area (Å²) in [6, 6.07) is 9.03. The Hall–Kier alpha value is -2.94. The summed E-state index contributed by atoms with van der Waals surface area (Å²) in [4.78, 5) is 20.4. The highest BCUT2D eigenvalue weighted by molar-refractivity contribution is 7.87. The number of nitrogens with one attached hydrogen (secondary N) is 2. The zero-order valence-electron chi connectivity index (χ0n) is 27.5. The van der Waals surface area contributed by atoms with Gasteiger partial charge in [0.2, 0.25) is 0 Å². The van der Waals surface area contributed by atoms with Crippen LogP contribution in [0.3, 0.4) is 0 Å². The van der Waals surface area contributed by atoms with E-state index < -0.39 is 16.1 Å². The molecule has 1 aliphatic carbocycles. The first-order valence-electron chi connectivity index (χ1n) is 16.9. The maximum atomic E-state index is 13.2. The molecule has 49 heavy (non-hydrogen) atoms. The first-order valence-corrected chi connectivity index (χ1v) is 19.9. The summed E-state index contributed by atoms with van der Waals surface area (Å²) >= 11 is 14.6. The highest BCUT2D eigenvalue weighted by Gasteiger charge is 2.34. The highest BCUT2D eigenvalue weighted by Crippen LogP contribution is 2.46. The maximum Gasteiger partial charge on any atom is 0.304 e. The molecular formula is C34H40Cl2N6O5S2. The second-order valence-corrected chi connectivity index (χ2v) is 16.8. The summed E-state index contributed by atoms with van der Waals surface area (Å²) in [6.45, 7) is 6.82. The third-order valence-electron chi connectivity index (χ3n) is 9.25. The first kappa shape index (κ1) is 34.5. The predicted octanol–water partition coefficient (Wildman–Crippen LogP) is 7.14. The average molecular weight is 748 g/mol. The van der Waals surface area contributed by atoms with E-state index in [1.165, 1.54) is 15.6 Å². The van der Waals surface area contributed by atoms with Crippen molar-refractivity contribution in [1.82, 2.24) is 24.5 Å². The van der Waals surface area contributed by atoms with Crippen LogP contribution in [0.25, 0.3) is 21.5 Å². The van der Waals surface area contributed by atoms with Crippen LogP contribution in [-0.2, 0) is 16.8 Å². The standard InChI is InChI=1S/C34H40Cl2N6O5S2/c1-20(2)46-27-17-22(33(43)40-49(44,45)42-13-4-3-5-14-42)18-28-31(27)38-34(48-28)41-15-11-23(12-16-41)37-19-24-30(39-47-32(24)21-9-10-21)29-25(35)7-6-8-26(29)36/h6-8,17-18,20-21,23,37H,3-5,9-16,19H2,1-2H3,(H,40,43). The zero-order valence-corrected chi connectivity index (χ0v) is 30.7. The first-order chi connectivity index (χ1) is 23.6. The number of fused-ring (bicyclic) bond motifs is 1. The minimum Gasteiger partial charge on any atom is -0.489 e. The Kier molecular flexibility index (Phi) is 10.1. The third kappa shape index (κ3) is 7.57. The lowest BCUT2D eigenvalue weighted by atomic mass is 10.0. The molecule has 0 spiro atoms. The molecule has 2 aliphatic heterocycles. The average Bonchev–Trinajstić information content (AvgIpc) is 3.69. The number of hydrogen-bond acceptors (Lipinski definition) is 10. The van der Waals surface area contributed by atoms with Gasteiger partial charge in [0.25, 0.3) is 5.91 Å². The van der Waals surface area contributed by atoms with Gasteiger partial charge in [-0.1, -0.05) is 52.2 Å². The van der Waals surface area contributed by atoms with E-state index in [-0.39, 0.29) is 17.7 Å². The summed E-state index contributed by atoms with van der Waals surface area (Å²) in [5.41, 5.74) is 3.31. The Bertz CT molecular complexity index is 1930. The monoisotopic (exact) mass is 746 g/mol. The van der Waals surface area contributed by atoms with E-state index in [4.69, 9.17) is 37.4 Å². The molecule has 1 amide bonds. The molecule has 2 N–H and O–H groups in total. The smallest absolute Gasteiger partial charge is 0.304 e. The number of benzene rings is 2. The number of piperidine rings is 2. The number of halogens is 2. The van der Waals surface area contributed by atoms with Crippen molar-refractivity contribution in [2.45, 2.75) is 83.4 Å². The number of aromatic nitrogens is 2. The highest BCUT2D eigenvalue weighted by atomic mass is 35.5. The molecule has 0 bridgehead atoms. The molecule has 0 radical (unpaired) electrons. The fraction of sp³-hybridized carbons (Fsp3) is 0.500. The van der Waals surface area contributed by atoms with Crippen molar-refractivity contribution >= 4 is 66.0 Å². The summed E-state index contributed by atoms with van der Waals surface area (Å²) in [6.07, 6.45) is 6.38. The third-order valence-corrected chi connectivity index (χ3v) is 12.4. The van der Waals surface area contributed by atoms with Crippen LogP contribution in [0.4, 0.5) is 5.13 Å². The number of nitrogens with zero attached hydrogens (tertiary/aromatic N) is 4. The Morgan fingerprint density at radius 2 is 1.78 bits per heavy atom. The van der Waals surface area contributed by atoms with Crippen molar-refractivity contribution in [2.24, 2.45) is 0 Å². The molecule has 2 aromatic heterocycles. The molecule has 1 saturated carbocycles. The van der Waals surface area contributed by atoms with Crippen molar-refractivity contribution in [3.63, 3.8) is 0 Å². The van der Waals surface area contributed by atoms with Crippen LogP contribution in [0.15, 0.2) is 34.9 Å². The van der Waals surface area contributed by atoms with Crippen LogP contribution in [0.2, 0.25) is 10.0 Å². The van der Waals surface area contributed by atoms with Crippen LogP contribution < -0.4 is 19.7 Å². The Balaban J connectivity index is 1.04. The Labute approximate surface area is 300 Å². The SMILES string of the molecule is CC(C)Oc1cc(C(=O)NS(=O)(=O)N2CCCCC2)cc2sc(N3CCC(NCc4c(-c5c(Cl)cccc5Cl)noc4C4CC4)CC3)nc12. The van der Waals surface area contributed by atoms with Gasteiger partial charge >= 0.3 is 10.2 Å². The van der Waals surface area contributed by atoms with E-state index in [0.717, 1.165) is 79.2 Å². The normalized spacial score (nSPS) is 18.0. The minimum absolute atomic E-state index is 0.161. The quantitative estimate of drug-likeness (QED) is 0.165. The second-order valence-electron chi connectivity index (χ2n) is 13.3. The molecule has 0 atom stereocenters. The largest absolute Gasteiger partial charge is 0.489 e. The summed E-state index contributed by atoms with van der Waals surface area (Å²) in [5.74, 6) is 1.08. The van der Waals surface area contributed by atoms with Crippen LogP contribution in [-0.4, -0.2) is 67.1 Å². The molecule has 4 heterocycles. The van der Waals surface area contributed by atoms with E-state index in [9.17, 15) is 13.2 Å². The molecule has 11 nitrogen and oxygen atoms in total. The van der Waals surface area contributed by atoms with Crippen LogP contribution in [0.1, 0.15) is 86.4 Å². The number of hydrogen-bond donors (Lipinski definition) is 2. The van der Waals surface area contributed by atoms with Crippen LogP contribution in [0, 0.1) is 0 Å². The van der Waals surface area contributed by atoms with Gasteiger partial charge in [-0.15, -0.1) is 0 Å². The van der Waals surface area contributed by atoms with Crippen molar-refractivity contribution in [3.05, 3.63) is 57.3 Å². The second kappa shape index (κ2) is 14.4. The van der Waals surface area contributed by atoms with Crippen LogP contribution >= 0.6 is 34.5 Å². The molecule has 3 aliphatic rings. The molecule has 7 rings (SSSR count). The van der Waals surface area contributed by atoms with Gasteiger partial charge in [0.1, 0.15) is 22.7 Å². The summed E-state index contributed by atoms with van der Waals surface area (Å²) in [7, 11) is -3.93. The zero-order chi connectivity index (χ0) is 34.3. The Morgan fingerprint density at radius 3 is 2.45 bits per heavy atom. The van der Waals surface area contributed by atoms with Crippen molar-refractivity contribution in [3.8, 4) is 17.0 Å². The number of thiazole rings is 1. The molecule has 3 fully saturated rings. The lowest BCUT2D eigenvalue weighted by molar-refractivity contribution is 0.0978. The Morgan fingerprint density at radius 1 is 1.06 bits per heavy atom. The van der Waals surface area contributed by atoms with Gasteiger partial charge in [-0.25, -0.2) is 9.71 Å². The van der Waals surface area contributed by atoms with Gasteiger partial charge < -0.3 is 19.5 Å². The molecule has 2 saturated heterocycles. The number of amides is 1. The number of anilines is 1. The van der Waals surface area contributed by atoms with E-state index >= 15 is 0 Å². The van der Waals surface area contributed by atoms with E-state index in [1.807, 2.05) is 32.0 Å². The molecular weight excluding hydrogens is 707 g/mol. The molecule has 15 heteroatoms. The van der Waals surface area contributed by atoms with E-state index in [2.05, 4.69) is 20.1 Å². The maximum absolute atomic E-state index is 13.2. The lowest BCUT2D eigenvalue weighted by Crippen LogP contribution is -2.45. The number of ether oxygens (including phenoxy) is 1. The molecule has 262 valence electrons. The number of rotatable bonds is 11. The topological polar surface area (TPSA) is 130 Å². The van der Waals surface area contributed by atoms with Gasteiger partial charge in [0, 0.05) is 61.4 Å². The van der Waals surface area contributed by atoms with Crippen molar-refractivity contribution in [2.75, 3.05) is 31.1 Å². The van der Waals surface area contributed by atoms with Crippen LogP contribution in [0.5, 0.6) is 5.75 Å². The predicted molar refractivity (Wildman–Crippen MR) is 193 cm³/mol. The fourth-order valence-corrected chi connectivity index (χ4v) is 9.41. The molecule has 0 unspecified atom stereocenters. The van der Waals surface area contributed by atoms with Crippen molar-refractivity contribution < 1.29 is 22.5 Å². The van der Waals surface area contributed by atoms with E-state index in [1.54, 1.807) is 12.1 Å². The van der Waals surface area contributed by atoms with Crippen molar-refractivity contribution in [1.29, 1.82) is 0 Å². The molecule has 4 aromatic rings. The summed E-state index contributed by atoms with van der Waals surface area (Å²) in [5, 5.41) is 10.1. The summed E-state index contributed by atoms with van der Waals surface area (Å²) < 4.78 is 42.2. The molecule has 2 aromatic carbocycles. The van der Waals surface area contributed by atoms with Gasteiger partial charge in [0.15, 0.2) is 5.13 Å². The number of carbonyl (C=O) groups is 1. The fourth-order valence-electron chi connectivity index (χ4n) is 6.54. The lowest BCUT2D eigenvalue weighted by Gasteiger charge is -2.32. The number of carbonyl (C=O) groups excluding carboxylic acids is 1. The van der Waals surface area contributed by atoms with E-state index in [0.29, 0.717) is 58.1 Å².